The van der Waals surface area contributed by atoms with Crippen LogP contribution in [0, 0.1) is 5.41 Å². The second-order valence-corrected chi connectivity index (χ2v) is 13.3. The van der Waals surface area contributed by atoms with Crippen LogP contribution in [-0.2, 0) is 16.4 Å². The Kier molecular flexibility index (Phi) is 8.15. The van der Waals surface area contributed by atoms with Crippen LogP contribution in [0.2, 0.25) is 5.02 Å². The number of likely N-dealkylation sites (tertiary alicyclic amines) is 1. The van der Waals surface area contributed by atoms with Crippen molar-refractivity contribution in [2.75, 3.05) is 40.3 Å². The van der Waals surface area contributed by atoms with Crippen molar-refractivity contribution in [1.29, 1.82) is 0 Å². The number of methoxy groups -OCH3 is 1. The van der Waals surface area contributed by atoms with Gasteiger partial charge in [0.15, 0.2) is 5.78 Å². The van der Waals surface area contributed by atoms with Gasteiger partial charge in [0.2, 0.25) is 10.0 Å². The zero-order valence-corrected chi connectivity index (χ0v) is 24.0. The summed E-state index contributed by atoms with van der Waals surface area (Å²) in [4.78, 5) is 16.1. The second-order valence-electron chi connectivity index (χ2n) is 10.8. The highest BCUT2D eigenvalue weighted by atomic mass is 35.5. The number of hydrogen-bond acceptors (Lipinski definition) is 5. The quantitative estimate of drug-likeness (QED) is 0.334. The normalized spacial score (nSPS) is 17.9. The van der Waals surface area contributed by atoms with Gasteiger partial charge >= 0.3 is 0 Å². The van der Waals surface area contributed by atoms with Gasteiger partial charge in [0.05, 0.1) is 12.0 Å². The number of Topliss-reactive ketones (excluding diaryl/α,β-unsaturated/α-hetero) is 1. The van der Waals surface area contributed by atoms with Crippen LogP contribution in [0.3, 0.4) is 0 Å². The molecule has 206 valence electrons. The second kappa shape index (κ2) is 11.4. The number of ether oxygens (including phenoxy) is 1. The molecular formula is C31H35ClN2O4S. The molecule has 2 aliphatic rings. The maximum atomic E-state index is 13.4. The fourth-order valence-corrected chi connectivity index (χ4v) is 7.47. The lowest BCUT2D eigenvalue weighted by Crippen LogP contribution is -2.44. The number of sulfonamides is 1. The molecule has 0 aromatic heterocycles. The number of carbonyl (C=O) groups excluding carboxylic acids is 1. The van der Waals surface area contributed by atoms with Crippen molar-refractivity contribution in [1.82, 2.24) is 9.21 Å². The highest BCUT2D eigenvalue weighted by molar-refractivity contribution is 7.89. The van der Waals surface area contributed by atoms with Crippen LogP contribution in [0.1, 0.15) is 46.7 Å². The van der Waals surface area contributed by atoms with Crippen LogP contribution < -0.4 is 4.74 Å². The molecule has 0 radical (unpaired) electrons. The topological polar surface area (TPSA) is 66.9 Å². The Bertz CT molecular complexity index is 1440. The highest BCUT2D eigenvalue weighted by Gasteiger charge is 2.47. The maximum absolute atomic E-state index is 13.4. The smallest absolute Gasteiger partial charge is 0.242 e. The lowest BCUT2D eigenvalue weighted by Gasteiger charge is -2.38. The molecule has 1 fully saturated rings. The molecule has 1 heterocycles. The summed E-state index contributed by atoms with van der Waals surface area (Å²) in [5, 5.41) is 0.641. The molecule has 1 aliphatic heterocycles. The van der Waals surface area contributed by atoms with E-state index in [1.807, 2.05) is 48.5 Å². The van der Waals surface area contributed by atoms with Gasteiger partial charge in [-0.05, 0) is 98.8 Å². The number of carbonyl (C=O) groups is 1. The molecule has 1 unspecified atom stereocenters. The van der Waals surface area contributed by atoms with E-state index >= 15 is 0 Å². The number of piperidine rings is 1. The zero-order valence-electron chi connectivity index (χ0n) is 22.5. The summed E-state index contributed by atoms with van der Waals surface area (Å²) in [6.07, 6.45) is 3.24. The Balaban J connectivity index is 1.25. The third-order valence-electron chi connectivity index (χ3n) is 8.43. The number of hydrogen-bond donors (Lipinski definition) is 0. The minimum atomic E-state index is -3.61. The third kappa shape index (κ3) is 5.78. The number of likely N-dealkylation sites (N-methyl/N-ethyl adjacent to an activating group) is 1. The Morgan fingerprint density at radius 1 is 1.03 bits per heavy atom. The predicted molar refractivity (Wildman–Crippen MR) is 154 cm³/mol. The van der Waals surface area contributed by atoms with Gasteiger partial charge in [0, 0.05) is 29.6 Å². The van der Waals surface area contributed by atoms with Gasteiger partial charge in [-0.3, -0.25) is 4.79 Å². The molecule has 8 heteroatoms. The number of benzene rings is 3. The van der Waals surface area contributed by atoms with E-state index in [1.54, 1.807) is 38.4 Å². The summed E-state index contributed by atoms with van der Waals surface area (Å²) >= 11 is 6.32. The highest BCUT2D eigenvalue weighted by Crippen LogP contribution is 2.45. The molecule has 1 saturated heterocycles. The fraction of sp³-hybridized carbons (Fsp3) is 0.387. The van der Waals surface area contributed by atoms with E-state index in [0.29, 0.717) is 16.5 Å². The molecule has 1 aliphatic carbocycles. The minimum Gasteiger partial charge on any atom is -0.497 e. The van der Waals surface area contributed by atoms with Crippen LogP contribution in [0.15, 0.2) is 77.7 Å². The Hall–Kier alpha value is -2.71. The summed E-state index contributed by atoms with van der Waals surface area (Å²) in [5.74, 6) is 0.955. The fourth-order valence-electron chi connectivity index (χ4n) is 6.03. The van der Waals surface area contributed by atoms with Gasteiger partial charge in [-0.2, -0.15) is 0 Å². The van der Waals surface area contributed by atoms with Crippen LogP contribution in [0.25, 0.3) is 0 Å². The first kappa shape index (κ1) is 27.8. The molecule has 1 atom stereocenters. The van der Waals surface area contributed by atoms with Crippen molar-refractivity contribution < 1.29 is 17.9 Å². The van der Waals surface area contributed by atoms with Crippen molar-refractivity contribution in [3.8, 4) is 5.75 Å². The monoisotopic (exact) mass is 566 g/mol. The van der Waals surface area contributed by atoms with E-state index in [2.05, 4.69) is 4.90 Å². The van der Waals surface area contributed by atoms with E-state index in [0.717, 1.165) is 67.8 Å². The molecule has 0 amide bonds. The first-order valence-corrected chi connectivity index (χ1v) is 15.2. The van der Waals surface area contributed by atoms with E-state index in [-0.39, 0.29) is 17.1 Å². The molecule has 5 rings (SSSR count). The number of fused-ring (bicyclic) bond motifs is 1. The molecule has 0 bridgehead atoms. The van der Waals surface area contributed by atoms with Crippen LogP contribution in [0.4, 0.5) is 0 Å². The standard InChI is InChI=1S/C31H35ClN2O4S/c1-33(39(36,37)28-9-4-3-5-10-28)22-25(23-7-6-8-26(32)19-23)13-16-34-17-14-31(15-18-34)21-24-11-12-27(38-2)20-29(24)30(31)35/h3-12,19-20,25H,13-18,21-22H2,1-2H3. The Labute approximate surface area is 236 Å². The number of rotatable bonds is 9. The Morgan fingerprint density at radius 2 is 1.77 bits per heavy atom. The molecule has 3 aromatic rings. The van der Waals surface area contributed by atoms with Gasteiger partial charge in [-0.1, -0.05) is 48.0 Å². The number of ketones is 1. The lowest BCUT2D eigenvalue weighted by atomic mass is 9.75. The van der Waals surface area contributed by atoms with Crippen LogP contribution >= 0.6 is 11.6 Å². The van der Waals surface area contributed by atoms with Crippen LogP contribution in [-0.4, -0.2) is 63.7 Å². The van der Waals surface area contributed by atoms with Crippen LogP contribution in [0.5, 0.6) is 5.75 Å². The molecule has 0 saturated carbocycles. The predicted octanol–water partition coefficient (Wildman–Crippen LogP) is 5.66. The molecule has 3 aromatic carbocycles. The zero-order chi connectivity index (χ0) is 27.6. The number of halogens is 1. The largest absolute Gasteiger partial charge is 0.497 e. The summed E-state index contributed by atoms with van der Waals surface area (Å²) in [7, 11) is -0.340. The SMILES string of the molecule is COc1ccc2c(c1)C(=O)C1(CCN(CCC(CN(C)S(=O)(=O)c3ccccc3)c3cccc(Cl)c3)CC1)C2. The van der Waals surface area contributed by atoms with Gasteiger partial charge in [0.25, 0.3) is 0 Å². The molecule has 0 N–H and O–H groups in total. The first-order valence-electron chi connectivity index (χ1n) is 13.4. The van der Waals surface area contributed by atoms with Gasteiger partial charge in [-0.25, -0.2) is 12.7 Å². The molecular weight excluding hydrogens is 532 g/mol. The summed E-state index contributed by atoms with van der Waals surface area (Å²) in [5.41, 5.74) is 2.65. The van der Waals surface area contributed by atoms with Gasteiger partial charge in [-0.15, -0.1) is 0 Å². The van der Waals surface area contributed by atoms with Gasteiger partial charge < -0.3 is 9.64 Å². The van der Waals surface area contributed by atoms with E-state index < -0.39 is 10.0 Å². The van der Waals surface area contributed by atoms with Gasteiger partial charge in [0.1, 0.15) is 5.75 Å². The average Bonchev–Trinajstić information content (AvgIpc) is 3.22. The third-order valence-corrected chi connectivity index (χ3v) is 10.5. The number of nitrogens with zero attached hydrogens (tertiary/aromatic N) is 2. The average molecular weight is 567 g/mol. The van der Waals surface area contributed by atoms with Crippen molar-refractivity contribution in [2.45, 2.75) is 36.5 Å². The summed E-state index contributed by atoms with van der Waals surface area (Å²) < 4.78 is 33.2. The van der Waals surface area contributed by atoms with Crippen molar-refractivity contribution in [2.24, 2.45) is 5.41 Å². The summed E-state index contributed by atoms with van der Waals surface area (Å²) in [6, 6.07) is 22.1. The lowest BCUT2D eigenvalue weighted by molar-refractivity contribution is 0.0629. The molecule has 39 heavy (non-hydrogen) atoms. The van der Waals surface area contributed by atoms with Crippen molar-refractivity contribution >= 4 is 27.4 Å². The molecule has 1 spiro atoms. The maximum Gasteiger partial charge on any atom is 0.242 e. The molecule has 6 nitrogen and oxygen atoms in total. The summed E-state index contributed by atoms with van der Waals surface area (Å²) in [6.45, 7) is 2.86. The van der Waals surface area contributed by atoms with E-state index in [1.165, 1.54) is 4.31 Å². The van der Waals surface area contributed by atoms with Crippen molar-refractivity contribution in [3.05, 3.63) is 94.5 Å². The van der Waals surface area contributed by atoms with E-state index in [4.69, 9.17) is 16.3 Å². The van der Waals surface area contributed by atoms with E-state index in [9.17, 15) is 13.2 Å². The van der Waals surface area contributed by atoms with Crippen molar-refractivity contribution in [3.63, 3.8) is 0 Å². The minimum absolute atomic E-state index is 0.0205. The first-order chi connectivity index (χ1) is 18.7. The Morgan fingerprint density at radius 3 is 2.46 bits per heavy atom.